The van der Waals surface area contributed by atoms with E-state index >= 15 is 0 Å². The molecule has 158 valence electrons. The van der Waals surface area contributed by atoms with Crippen LogP contribution in [0.25, 0.3) is 10.2 Å². The van der Waals surface area contributed by atoms with Gasteiger partial charge < -0.3 is 0 Å². The van der Waals surface area contributed by atoms with Crippen LogP contribution in [0, 0.1) is 0 Å². The first-order valence-corrected chi connectivity index (χ1v) is 11.3. The van der Waals surface area contributed by atoms with E-state index in [9.17, 15) is 27.2 Å². The van der Waals surface area contributed by atoms with Gasteiger partial charge in [-0.1, -0.05) is 30.3 Å². The molecular weight excluding hydrogens is 445 g/mol. The molecule has 0 fully saturated rings. The largest absolute Gasteiger partial charge is 0.338 e. The molecule has 0 aliphatic rings. The summed E-state index contributed by atoms with van der Waals surface area (Å²) >= 11 is 0.819. The molecular formula is C20H14FN3O5S2. The van der Waals surface area contributed by atoms with Crippen LogP contribution in [-0.4, -0.2) is 33.9 Å². The number of benzene rings is 2. The quantitative estimate of drug-likeness (QED) is 0.452. The Bertz CT molecular complexity index is 1470. The van der Waals surface area contributed by atoms with Gasteiger partial charge in [0.1, 0.15) is 0 Å². The number of thiazole rings is 1. The highest BCUT2D eigenvalue weighted by atomic mass is 32.2. The van der Waals surface area contributed by atoms with Crippen molar-refractivity contribution in [3.05, 3.63) is 93.3 Å². The van der Waals surface area contributed by atoms with Gasteiger partial charge in [0.2, 0.25) is 19.7 Å². The van der Waals surface area contributed by atoms with Gasteiger partial charge in [-0.3, -0.25) is 14.2 Å². The molecule has 1 atom stereocenters. The second-order valence-electron chi connectivity index (χ2n) is 6.50. The average molecular weight is 459 g/mol. The number of aromatic nitrogens is 3. The Labute approximate surface area is 178 Å². The van der Waals surface area contributed by atoms with Crippen LogP contribution in [0.2, 0.25) is 0 Å². The van der Waals surface area contributed by atoms with Crippen molar-refractivity contribution in [1.82, 2.24) is 14.1 Å². The van der Waals surface area contributed by atoms with Gasteiger partial charge in [-0.25, -0.2) is 22.6 Å². The SMILES string of the molecule is O=C(c1ccccc1)n1c(=O)ccn(CC(F)S(=O)(=O)c2nc3ccccc3s2)c1=O. The molecule has 2 heterocycles. The lowest BCUT2D eigenvalue weighted by Crippen LogP contribution is -2.44. The van der Waals surface area contributed by atoms with Crippen LogP contribution in [-0.2, 0) is 16.4 Å². The van der Waals surface area contributed by atoms with Crippen molar-refractivity contribution in [3.63, 3.8) is 0 Å². The number of hydrogen-bond acceptors (Lipinski definition) is 7. The van der Waals surface area contributed by atoms with Crippen LogP contribution in [0.15, 0.2) is 80.8 Å². The van der Waals surface area contributed by atoms with Crippen molar-refractivity contribution in [2.75, 3.05) is 0 Å². The predicted octanol–water partition coefficient (Wildman–Crippen LogP) is 2.08. The highest BCUT2D eigenvalue weighted by Gasteiger charge is 2.32. The third kappa shape index (κ3) is 3.84. The number of halogens is 1. The highest BCUT2D eigenvalue weighted by Crippen LogP contribution is 2.28. The fraction of sp³-hybridized carbons (Fsp3) is 0.100. The lowest BCUT2D eigenvalue weighted by molar-refractivity contribution is 0.0948. The van der Waals surface area contributed by atoms with Crippen molar-refractivity contribution in [1.29, 1.82) is 0 Å². The first kappa shape index (κ1) is 20.8. The number of nitrogens with zero attached hydrogens (tertiary/aromatic N) is 3. The van der Waals surface area contributed by atoms with Crippen LogP contribution in [0.3, 0.4) is 0 Å². The fourth-order valence-electron chi connectivity index (χ4n) is 2.89. The number of fused-ring (bicyclic) bond motifs is 1. The molecule has 8 nitrogen and oxygen atoms in total. The van der Waals surface area contributed by atoms with E-state index in [0.717, 1.165) is 23.6 Å². The second kappa shape index (κ2) is 8.00. The zero-order chi connectivity index (χ0) is 22.2. The van der Waals surface area contributed by atoms with E-state index in [1.165, 1.54) is 12.1 Å². The van der Waals surface area contributed by atoms with Gasteiger partial charge >= 0.3 is 5.69 Å². The molecule has 0 N–H and O–H groups in total. The highest BCUT2D eigenvalue weighted by molar-refractivity contribution is 7.93. The van der Waals surface area contributed by atoms with Gasteiger partial charge in [0, 0.05) is 17.8 Å². The Hall–Kier alpha value is -3.44. The number of hydrogen-bond donors (Lipinski definition) is 0. The van der Waals surface area contributed by atoms with Gasteiger partial charge in [0.05, 0.1) is 16.8 Å². The Balaban J connectivity index is 1.68. The number of alkyl halides is 1. The third-order valence-corrected chi connectivity index (χ3v) is 7.65. The topological polar surface area (TPSA) is 108 Å². The van der Waals surface area contributed by atoms with E-state index in [-0.39, 0.29) is 5.56 Å². The van der Waals surface area contributed by atoms with Crippen molar-refractivity contribution in [3.8, 4) is 0 Å². The predicted molar refractivity (Wildman–Crippen MR) is 113 cm³/mol. The molecule has 0 bridgehead atoms. The molecule has 0 aliphatic heterocycles. The minimum Gasteiger partial charge on any atom is -0.296 e. The van der Waals surface area contributed by atoms with Gasteiger partial charge in [0.15, 0.2) is 0 Å². The Morgan fingerprint density at radius 1 is 1.03 bits per heavy atom. The van der Waals surface area contributed by atoms with Crippen LogP contribution >= 0.6 is 11.3 Å². The molecule has 0 saturated heterocycles. The molecule has 0 radical (unpaired) electrons. The van der Waals surface area contributed by atoms with E-state index in [2.05, 4.69) is 4.98 Å². The van der Waals surface area contributed by atoms with Crippen molar-refractivity contribution in [2.45, 2.75) is 16.4 Å². The molecule has 2 aromatic carbocycles. The Morgan fingerprint density at radius 2 is 1.71 bits per heavy atom. The van der Waals surface area contributed by atoms with Crippen LogP contribution in [0.4, 0.5) is 4.39 Å². The zero-order valence-corrected chi connectivity index (χ0v) is 17.3. The molecule has 0 saturated carbocycles. The maximum atomic E-state index is 14.9. The second-order valence-corrected chi connectivity index (χ2v) is 9.78. The van der Waals surface area contributed by atoms with Crippen molar-refractivity contribution in [2.24, 2.45) is 0 Å². The first-order valence-electron chi connectivity index (χ1n) is 8.95. The van der Waals surface area contributed by atoms with Crippen molar-refractivity contribution < 1.29 is 17.6 Å². The average Bonchev–Trinajstić information content (AvgIpc) is 3.21. The summed E-state index contributed by atoms with van der Waals surface area (Å²) < 4.78 is 41.3. The molecule has 11 heteroatoms. The molecule has 2 aromatic heterocycles. The Morgan fingerprint density at radius 3 is 2.42 bits per heavy atom. The van der Waals surface area contributed by atoms with E-state index in [0.29, 0.717) is 19.4 Å². The summed E-state index contributed by atoms with van der Waals surface area (Å²) in [6.07, 6.45) is 0.958. The number of carbonyl (C=O) groups is 1. The minimum absolute atomic E-state index is 0.0818. The van der Waals surface area contributed by atoms with Gasteiger partial charge in [-0.15, -0.1) is 11.3 Å². The molecule has 31 heavy (non-hydrogen) atoms. The standard InChI is InChI=1S/C20H14FN3O5S2/c21-16(31(28,29)19-22-14-8-4-5-9-15(14)30-19)12-23-11-10-17(25)24(20(23)27)18(26)13-6-2-1-3-7-13/h1-11,16H,12H2. The normalized spacial score (nSPS) is 12.7. The van der Waals surface area contributed by atoms with Crippen LogP contribution in [0.1, 0.15) is 10.4 Å². The number of para-hydroxylation sites is 1. The Kier molecular flexibility index (Phi) is 5.38. The molecule has 4 rings (SSSR count). The van der Waals surface area contributed by atoms with Gasteiger partial charge in [-0.2, -0.15) is 4.57 Å². The smallest absolute Gasteiger partial charge is 0.296 e. The summed E-state index contributed by atoms with van der Waals surface area (Å²) in [6, 6.07) is 15.2. The maximum Gasteiger partial charge on any atom is 0.338 e. The summed E-state index contributed by atoms with van der Waals surface area (Å²) in [4.78, 5) is 41.3. The minimum atomic E-state index is -4.50. The molecule has 0 aliphatic carbocycles. The molecule has 0 amide bonds. The van der Waals surface area contributed by atoms with Crippen LogP contribution in [0.5, 0.6) is 0 Å². The fourth-order valence-corrected chi connectivity index (χ4v) is 5.43. The summed E-state index contributed by atoms with van der Waals surface area (Å²) in [5.41, 5.74) is -4.05. The molecule has 4 aromatic rings. The summed E-state index contributed by atoms with van der Waals surface area (Å²) in [6.45, 7) is -0.903. The van der Waals surface area contributed by atoms with Crippen molar-refractivity contribution >= 4 is 37.3 Å². The van der Waals surface area contributed by atoms with Gasteiger partial charge in [-0.05, 0) is 24.3 Å². The summed E-state index contributed by atoms with van der Waals surface area (Å²) in [5, 5.41) is 0. The number of rotatable bonds is 5. The van der Waals surface area contributed by atoms with Crippen LogP contribution < -0.4 is 11.2 Å². The summed E-state index contributed by atoms with van der Waals surface area (Å²) in [5.74, 6) is -0.894. The first-order chi connectivity index (χ1) is 14.8. The van der Waals surface area contributed by atoms with E-state index in [4.69, 9.17) is 0 Å². The zero-order valence-electron chi connectivity index (χ0n) is 15.7. The number of carbonyl (C=O) groups excluding carboxylic acids is 1. The summed E-state index contributed by atoms with van der Waals surface area (Å²) in [7, 11) is -4.50. The van der Waals surface area contributed by atoms with E-state index in [1.807, 2.05) is 0 Å². The molecule has 1 unspecified atom stereocenters. The van der Waals surface area contributed by atoms with E-state index < -0.39 is 43.4 Å². The lowest BCUT2D eigenvalue weighted by Gasteiger charge is -2.12. The number of sulfone groups is 1. The lowest BCUT2D eigenvalue weighted by atomic mass is 10.2. The molecule has 0 spiro atoms. The third-order valence-electron chi connectivity index (χ3n) is 4.47. The van der Waals surface area contributed by atoms with Gasteiger partial charge in [0.25, 0.3) is 11.5 Å². The monoisotopic (exact) mass is 459 g/mol. The van der Waals surface area contributed by atoms with E-state index in [1.54, 1.807) is 42.5 Å². The maximum absolute atomic E-state index is 14.9.